The van der Waals surface area contributed by atoms with Gasteiger partial charge in [-0.3, -0.25) is 0 Å². The summed E-state index contributed by atoms with van der Waals surface area (Å²) in [5.74, 6) is 1.09. The minimum atomic E-state index is 1.09. The van der Waals surface area contributed by atoms with Crippen LogP contribution in [0.1, 0.15) is 6.92 Å². The molecule has 10 heavy (non-hydrogen) atoms. The van der Waals surface area contributed by atoms with Crippen LogP contribution >= 0.6 is 11.8 Å². The van der Waals surface area contributed by atoms with Crippen molar-refractivity contribution in [1.29, 1.82) is 0 Å². The van der Waals surface area contributed by atoms with Gasteiger partial charge in [-0.2, -0.15) is 0 Å². The van der Waals surface area contributed by atoms with Crippen molar-refractivity contribution in [3.05, 3.63) is 18.3 Å². The molecule has 0 N–H and O–H groups in total. The van der Waals surface area contributed by atoms with Gasteiger partial charge in [0.1, 0.15) is 0 Å². The van der Waals surface area contributed by atoms with Crippen molar-refractivity contribution in [2.75, 3.05) is 5.75 Å². The Morgan fingerprint density at radius 1 is 1.60 bits per heavy atom. The van der Waals surface area contributed by atoms with Gasteiger partial charge in [0, 0.05) is 0 Å². The molecule has 0 aliphatic rings. The Morgan fingerprint density at radius 2 is 2.40 bits per heavy atom. The van der Waals surface area contributed by atoms with Gasteiger partial charge in [-0.05, 0) is 0 Å². The quantitative estimate of drug-likeness (QED) is 0.454. The molecule has 0 atom stereocenters. The molecular formula is C7H8LiNS. The van der Waals surface area contributed by atoms with Gasteiger partial charge in [0.25, 0.3) is 0 Å². The van der Waals surface area contributed by atoms with E-state index in [4.69, 9.17) is 0 Å². The molecule has 0 radical (unpaired) electrons. The molecule has 0 bridgehead atoms. The van der Waals surface area contributed by atoms with E-state index in [0.29, 0.717) is 0 Å². The van der Waals surface area contributed by atoms with Crippen molar-refractivity contribution in [2.45, 2.75) is 11.9 Å². The molecule has 3 heteroatoms. The van der Waals surface area contributed by atoms with Gasteiger partial charge in [0.05, 0.1) is 0 Å². The van der Waals surface area contributed by atoms with Gasteiger partial charge in [-0.25, -0.2) is 0 Å². The van der Waals surface area contributed by atoms with Gasteiger partial charge < -0.3 is 0 Å². The number of aromatic nitrogens is 1. The van der Waals surface area contributed by atoms with E-state index in [1.165, 1.54) is 4.24 Å². The molecule has 1 aromatic rings. The zero-order chi connectivity index (χ0) is 7.40. The molecule has 1 rings (SSSR count). The standard InChI is InChI=1S/C7H8NS.Li/c1-2-9-7-5-3-4-6-8-7;/h3,5-6H,2H2,1H3;. The summed E-state index contributed by atoms with van der Waals surface area (Å²) in [6.07, 6.45) is 1.90. The molecule has 0 aliphatic carbocycles. The third-order valence-electron chi connectivity index (χ3n) is 1.18. The van der Waals surface area contributed by atoms with Crippen LogP contribution in [0.15, 0.2) is 23.4 Å². The van der Waals surface area contributed by atoms with Crippen LogP contribution in [0, 0.1) is 0 Å². The number of rotatable bonds is 2. The Hall–Kier alpha value is 0.0974. The molecule has 48 valence electrons. The normalized spacial score (nSPS) is 9.90. The fraction of sp³-hybridized carbons (Fsp3) is 0.286. The summed E-state index contributed by atoms with van der Waals surface area (Å²) in [5, 5.41) is 1.12. The molecule has 0 saturated heterocycles. The van der Waals surface area contributed by atoms with Crippen LogP contribution in [0.3, 0.4) is 0 Å². The monoisotopic (exact) mass is 145 g/mol. The van der Waals surface area contributed by atoms with E-state index in [0.717, 1.165) is 10.8 Å². The van der Waals surface area contributed by atoms with Crippen LogP contribution in [0.4, 0.5) is 0 Å². The number of pyridine rings is 1. The van der Waals surface area contributed by atoms with E-state index in [9.17, 15) is 0 Å². The summed E-state index contributed by atoms with van der Waals surface area (Å²) < 4.78 is 1.22. The third kappa shape index (κ3) is 2.38. The van der Waals surface area contributed by atoms with E-state index in [2.05, 4.69) is 24.0 Å². The molecule has 0 aliphatic heterocycles. The van der Waals surface area contributed by atoms with Crippen LogP contribution in [0.2, 0.25) is 0 Å². The van der Waals surface area contributed by atoms with Crippen molar-refractivity contribution in [3.63, 3.8) is 0 Å². The predicted octanol–water partition coefficient (Wildman–Crippen LogP) is 0.987. The maximum atomic E-state index is 4.23. The SMILES string of the molecule is [Li][c]1ccc(SCC)nc1. The van der Waals surface area contributed by atoms with Crippen molar-refractivity contribution >= 4 is 33.7 Å². The second-order valence-corrected chi connectivity index (χ2v) is 3.39. The van der Waals surface area contributed by atoms with Crippen LogP contribution in [-0.4, -0.2) is 28.5 Å². The van der Waals surface area contributed by atoms with Crippen LogP contribution in [0.25, 0.3) is 0 Å². The number of hydrogen-bond acceptors (Lipinski definition) is 2. The molecule has 0 unspecified atom stereocenters. The average Bonchev–Trinajstić information content (AvgIpc) is 1.95. The zero-order valence-corrected chi connectivity index (χ0v) is 7.11. The van der Waals surface area contributed by atoms with E-state index >= 15 is 0 Å². The Kier molecular flexibility index (Phi) is 3.34. The first-order valence-corrected chi connectivity index (χ1v) is 4.37. The van der Waals surface area contributed by atoms with Crippen molar-refractivity contribution < 1.29 is 0 Å². The summed E-state index contributed by atoms with van der Waals surface area (Å²) in [4.78, 5) is 4.23. The fourth-order valence-corrected chi connectivity index (χ4v) is 1.27. The summed E-state index contributed by atoms with van der Waals surface area (Å²) in [6.45, 7) is 2.13. The maximum absolute atomic E-state index is 4.23. The molecule has 0 saturated carbocycles. The molecule has 0 fully saturated rings. The summed E-state index contributed by atoms with van der Waals surface area (Å²) in [5.41, 5.74) is 0. The molecule has 0 spiro atoms. The predicted molar refractivity (Wildman–Crippen MR) is 46.0 cm³/mol. The summed E-state index contributed by atoms with van der Waals surface area (Å²) in [6, 6.07) is 4.15. The van der Waals surface area contributed by atoms with Gasteiger partial charge >= 0.3 is 74.7 Å². The third-order valence-corrected chi connectivity index (χ3v) is 2.00. The first kappa shape index (κ1) is 8.20. The first-order valence-electron chi connectivity index (χ1n) is 3.38. The van der Waals surface area contributed by atoms with Crippen LogP contribution < -0.4 is 4.24 Å². The number of nitrogens with zero attached hydrogens (tertiary/aromatic N) is 1. The average molecular weight is 145 g/mol. The van der Waals surface area contributed by atoms with Crippen molar-refractivity contribution in [1.82, 2.24) is 4.98 Å². The van der Waals surface area contributed by atoms with E-state index in [1.54, 1.807) is 11.8 Å². The molecule has 1 aromatic heterocycles. The second kappa shape index (κ2) is 4.08. The molecule has 0 amide bonds. The van der Waals surface area contributed by atoms with Crippen LogP contribution in [0.5, 0.6) is 0 Å². The summed E-state index contributed by atoms with van der Waals surface area (Å²) >= 11 is 3.82. The van der Waals surface area contributed by atoms with E-state index in [-0.39, 0.29) is 0 Å². The fourth-order valence-electron chi connectivity index (χ4n) is 0.688. The molecule has 1 heterocycles. The van der Waals surface area contributed by atoms with Crippen LogP contribution in [-0.2, 0) is 0 Å². The topological polar surface area (TPSA) is 12.9 Å². The molecular weight excluding hydrogens is 137 g/mol. The van der Waals surface area contributed by atoms with Crippen molar-refractivity contribution in [2.24, 2.45) is 0 Å². The van der Waals surface area contributed by atoms with Gasteiger partial charge in [0.15, 0.2) is 0 Å². The van der Waals surface area contributed by atoms with Gasteiger partial charge in [-0.15, -0.1) is 0 Å². The Morgan fingerprint density at radius 3 is 2.90 bits per heavy atom. The summed E-state index contributed by atoms with van der Waals surface area (Å²) in [7, 11) is 0. The Balaban J connectivity index is 2.69. The number of hydrogen-bond donors (Lipinski definition) is 0. The molecule has 0 aromatic carbocycles. The zero-order valence-electron chi connectivity index (χ0n) is 6.29. The van der Waals surface area contributed by atoms with Gasteiger partial charge in [-0.1, -0.05) is 0 Å². The first-order chi connectivity index (χ1) is 4.83. The molecule has 1 nitrogen and oxygen atoms in total. The van der Waals surface area contributed by atoms with E-state index < -0.39 is 0 Å². The van der Waals surface area contributed by atoms with Gasteiger partial charge in [0.2, 0.25) is 0 Å². The van der Waals surface area contributed by atoms with E-state index in [1.807, 2.05) is 23.9 Å². The second-order valence-electron chi connectivity index (χ2n) is 2.11. The number of thioether (sulfide) groups is 1. The van der Waals surface area contributed by atoms with Crippen molar-refractivity contribution in [3.8, 4) is 0 Å². The minimum absolute atomic E-state index is 1.09. The Bertz CT molecular complexity index is 197. The Labute approximate surface area is 74.8 Å².